The molecule has 2 nitrogen and oxygen atoms in total. The lowest BCUT2D eigenvalue weighted by molar-refractivity contribution is -0.318. The van der Waals surface area contributed by atoms with Gasteiger partial charge in [-0.15, -0.1) is 0 Å². The molecule has 14 heavy (non-hydrogen) atoms. The van der Waals surface area contributed by atoms with Gasteiger partial charge in [0.15, 0.2) is 6.67 Å². The van der Waals surface area contributed by atoms with Crippen molar-refractivity contribution >= 4 is 6.41 Å². The third kappa shape index (κ3) is 1.90. The van der Waals surface area contributed by atoms with Crippen LogP contribution in [-0.4, -0.2) is 31.0 Å². The van der Waals surface area contributed by atoms with Crippen LogP contribution in [0.4, 0.5) is 30.7 Å². The quantitative estimate of drug-likeness (QED) is 0.431. The van der Waals surface area contributed by atoms with Crippen molar-refractivity contribution in [3.8, 4) is 0 Å². The molecule has 0 saturated heterocycles. The van der Waals surface area contributed by atoms with Crippen LogP contribution in [-0.2, 0) is 4.79 Å². The van der Waals surface area contributed by atoms with Crippen LogP contribution in [0.25, 0.3) is 0 Å². The third-order valence-corrected chi connectivity index (χ3v) is 1.26. The Hall–Kier alpha value is -1.02. The van der Waals surface area contributed by atoms with Gasteiger partial charge in [-0.05, 0) is 0 Å². The monoisotopic (exact) mass is 227 g/mol. The van der Waals surface area contributed by atoms with Crippen LogP contribution in [0.15, 0.2) is 0 Å². The fourth-order valence-electron chi connectivity index (χ4n) is 0.478. The third-order valence-electron chi connectivity index (χ3n) is 1.26. The number of hydrogen-bond donors (Lipinski definition) is 1. The summed E-state index contributed by atoms with van der Waals surface area (Å²) in [5.74, 6) is -11.5. The van der Waals surface area contributed by atoms with Crippen LogP contribution >= 0.6 is 0 Å². The first-order valence-corrected chi connectivity index (χ1v) is 3.03. The van der Waals surface area contributed by atoms with Gasteiger partial charge in [-0.2, -0.15) is 26.3 Å². The van der Waals surface area contributed by atoms with E-state index >= 15 is 0 Å². The second kappa shape index (κ2) is 3.62. The van der Waals surface area contributed by atoms with Gasteiger partial charge < -0.3 is 0 Å². The number of carbonyl (C=O) groups excluding carboxylic acids is 1. The van der Waals surface area contributed by atoms with Crippen molar-refractivity contribution in [2.75, 3.05) is 6.67 Å². The predicted octanol–water partition coefficient (Wildman–Crippen LogP) is 1.57. The van der Waals surface area contributed by atoms with Crippen LogP contribution in [0.5, 0.6) is 0 Å². The summed E-state index contributed by atoms with van der Waals surface area (Å²) in [5.41, 5.74) is 0. The van der Waals surface area contributed by atoms with Crippen LogP contribution in [0.1, 0.15) is 0 Å². The Kier molecular flexibility index (Phi) is 3.35. The maximum atomic E-state index is 12.2. The smallest absolute Gasteiger partial charge is 0.295 e. The number of rotatable bonds is 5. The van der Waals surface area contributed by atoms with E-state index in [1.807, 2.05) is 0 Å². The highest BCUT2D eigenvalue weighted by Crippen LogP contribution is 2.44. The molecule has 0 aliphatic carbocycles. The largest absolute Gasteiger partial charge is 0.394 e. The Balaban J connectivity index is 5.01. The fraction of sp³-hybridized carbons (Fsp3) is 0.800. The minimum Gasteiger partial charge on any atom is -0.295 e. The molecule has 84 valence electrons. The highest BCUT2D eigenvalue weighted by molar-refractivity contribution is 5.47. The number of amides is 1. The standard InChI is InChI=1S/C5H4F7NO/c6-1-3(7,8)4(9,10)5(11,12)13-2-14/h2H,1H2,(H,13,14). The van der Waals surface area contributed by atoms with Crippen molar-refractivity contribution in [2.45, 2.75) is 17.9 Å². The van der Waals surface area contributed by atoms with Gasteiger partial charge in [0.05, 0.1) is 0 Å². The van der Waals surface area contributed by atoms with E-state index in [4.69, 9.17) is 0 Å². The molecular weight excluding hydrogens is 223 g/mol. The summed E-state index contributed by atoms with van der Waals surface area (Å²) in [7, 11) is 0. The molecule has 0 atom stereocenters. The Bertz CT molecular complexity index is 216. The number of carbonyl (C=O) groups is 1. The average Bonchev–Trinajstić information content (AvgIpc) is 2.03. The summed E-state index contributed by atoms with van der Waals surface area (Å²) in [6, 6.07) is -5.51. The van der Waals surface area contributed by atoms with Crippen molar-refractivity contribution in [3.05, 3.63) is 0 Å². The predicted molar refractivity (Wildman–Crippen MR) is 30.0 cm³/mol. The Morgan fingerprint density at radius 1 is 1.07 bits per heavy atom. The number of nitrogens with one attached hydrogen (secondary N) is 1. The van der Waals surface area contributed by atoms with E-state index in [-0.39, 0.29) is 5.32 Å². The molecule has 9 heteroatoms. The molecule has 0 bridgehead atoms. The molecule has 1 amide bonds. The molecule has 0 fully saturated rings. The summed E-state index contributed by atoms with van der Waals surface area (Å²) in [6.45, 7) is -2.96. The van der Waals surface area contributed by atoms with E-state index in [1.54, 1.807) is 0 Å². The average molecular weight is 227 g/mol. The lowest BCUT2D eigenvalue weighted by Gasteiger charge is -2.30. The van der Waals surface area contributed by atoms with Crippen molar-refractivity contribution < 1.29 is 35.5 Å². The summed E-state index contributed by atoms with van der Waals surface area (Å²) in [6.07, 6.45) is -0.887. The molecule has 0 aromatic carbocycles. The van der Waals surface area contributed by atoms with Crippen LogP contribution in [0, 0.1) is 0 Å². The van der Waals surface area contributed by atoms with E-state index in [0.29, 0.717) is 0 Å². The lowest BCUT2D eigenvalue weighted by Crippen LogP contribution is -2.61. The van der Waals surface area contributed by atoms with Gasteiger partial charge in [0, 0.05) is 0 Å². The van der Waals surface area contributed by atoms with E-state index in [1.165, 1.54) is 0 Å². The zero-order chi connectivity index (χ0) is 11.6. The summed E-state index contributed by atoms with van der Waals surface area (Å²) in [5, 5.41) is 0.192. The van der Waals surface area contributed by atoms with Crippen molar-refractivity contribution in [1.29, 1.82) is 0 Å². The fourth-order valence-corrected chi connectivity index (χ4v) is 0.478. The minimum atomic E-state index is -5.99. The van der Waals surface area contributed by atoms with Crippen LogP contribution < -0.4 is 5.32 Å². The highest BCUT2D eigenvalue weighted by Gasteiger charge is 2.72. The Labute approximate surface area is 73.1 Å². The maximum absolute atomic E-state index is 12.2. The second-order valence-corrected chi connectivity index (χ2v) is 2.25. The molecule has 0 saturated carbocycles. The van der Waals surface area contributed by atoms with Gasteiger partial charge in [0.1, 0.15) is 0 Å². The van der Waals surface area contributed by atoms with Gasteiger partial charge in [-0.1, -0.05) is 0 Å². The van der Waals surface area contributed by atoms with Crippen molar-refractivity contribution in [1.82, 2.24) is 5.32 Å². The normalized spacial score (nSPS) is 13.9. The van der Waals surface area contributed by atoms with E-state index in [2.05, 4.69) is 0 Å². The summed E-state index contributed by atoms with van der Waals surface area (Å²) in [4.78, 5) is 9.42. The maximum Gasteiger partial charge on any atom is 0.394 e. The van der Waals surface area contributed by atoms with Crippen molar-refractivity contribution in [3.63, 3.8) is 0 Å². The van der Waals surface area contributed by atoms with Gasteiger partial charge in [0.2, 0.25) is 6.41 Å². The Morgan fingerprint density at radius 3 is 1.79 bits per heavy atom. The van der Waals surface area contributed by atoms with Crippen molar-refractivity contribution in [2.24, 2.45) is 0 Å². The molecule has 0 unspecified atom stereocenters. The molecule has 0 spiro atoms. The molecular formula is C5H4F7NO. The van der Waals surface area contributed by atoms with E-state index in [0.717, 1.165) is 0 Å². The topological polar surface area (TPSA) is 29.1 Å². The number of hydrogen-bond acceptors (Lipinski definition) is 1. The zero-order valence-corrected chi connectivity index (χ0v) is 6.34. The lowest BCUT2D eigenvalue weighted by atomic mass is 10.1. The molecule has 0 aromatic rings. The Morgan fingerprint density at radius 2 is 1.50 bits per heavy atom. The molecule has 0 aliphatic heterocycles. The first-order valence-electron chi connectivity index (χ1n) is 3.03. The highest BCUT2D eigenvalue weighted by atomic mass is 19.3. The molecule has 0 rings (SSSR count). The SMILES string of the molecule is O=CNC(F)(F)C(F)(F)C(F)(F)CF. The van der Waals surface area contributed by atoms with E-state index in [9.17, 15) is 35.5 Å². The molecule has 0 heterocycles. The van der Waals surface area contributed by atoms with Gasteiger partial charge in [-0.25, -0.2) is 4.39 Å². The van der Waals surface area contributed by atoms with Crippen LogP contribution in [0.3, 0.4) is 0 Å². The number of halogens is 7. The molecule has 0 aliphatic rings. The van der Waals surface area contributed by atoms with Crippen LogP contribution in [0.2, 0.25) is 0 Å². The zero-order valence-electron chi connectivity index (χ0n) is 6.34. The minimum absolute atomic E-state index is 0.192. The molecule has 0 aromatic heterocycles. The number of alkyl halides is 7. The second-order valence-electron chi connectivity index (χ2n) is 2.25. The van der Waals surface area contributed by atoms with Gasteiger partial charge in [0.25, 0.3) is 0 Å². The summed E-state index contributed by atoms with van der Waals surface area (Å²) >= 11 is 0. The van der Waals surface area contributed by atoms with Gasteiger partial charge in [-0.3, -0.25) is 10.1 Å². The first-order chi connectivity index (χ1) is 6.12. The van der Waals surface area contributed by atoms with Gasteiger partial charge >= 0.3 is 17.9 Å². The molecule has 0 radical (unpaired) electrons. The molecule has 1 N–H and O–H groups in total. The summed E-state index contributed by atoms with van der Waals surface area (Å²) < 4.78 is 84.0. The van der Waals surface area contributed by atoms with E-state index < -0.39 is 31.0 Å². The first kappa shape index (κ1) is 13.0.